The van der Waals surface area contributed by atoms with Gasteiger partial charge in [-0.15, -0.1) is 0 Å². The molecule has 0 atom stereocenters. The van der Waals surface area contributed by atoms with Gasteiger partial charge in [0.2, 0.25) is 0 Å². The average Bonchev–Trinajstić information content (AvgIpc) is 2.91. The van der Waals surface area contributed by atoms with Crippen molar-refractivity contribution in [2.24, 2.45) is 4.90 Å². The number of fused-ring (bicyclic) bond motifs is 1. The molecule has 4 aromatic rings. The molecule has 0 bridgehead atoms. The largest absolute Gasteiger partial charge is 0.542 e. The van der Waals surface area contributed by atoms with Gasteiger partial charge < -0.3 is 14.5 Å². The molecule has 0 fully saturated rings. The van der Waals surface area contributed by atoms with Crippen LogP contribution in [0.3, 0.4) is 0 Å². The van der Waals surface area contributed by atoms with Crippen LogP contribution in [0.2, 0.25) is 0 Å². The third-order valence-corrected chi connectivity index (χ3v) is 6.89. The molecular formula is C33H34BN3O. The predicted octanol–water partition coefficient (Wildman–Crippen LogP) is 7.39. The number of amidine groups is 1. The van der Waals surface area contributed by atoms with E-state index in [4.69, 9.17) is 9.56 Å². The third kappa shape index (κ3) is 4.97. The van der Waals surface area contributed by atoms with Crippen molar-refractivity contribution < 1.29 is 4.65 Å². The molecule has 0 unspecified atom stereocenters. The van der Waals surface area contributed by atoms with Gasteiger partial charge in [-0.05, 0) is 76.6 Å². The zero-order valence-electron chi connectivity index (χ0n) is 23.1. The molecule has 38 heavy (non-hydrogen) atoms. The van der Waals surface area contributed by atoms with Gasteiger partial charge in [-0.1, -0.05) is 71.3 Å². The summed E-state index contributed by atoms with van der Waals surface area (Å²) in [5.41, 5.74) is 10.1. The number of aryl methyl sites for hydroxylation is 4. The van der Waals surface area contributed by atoms with Crippen molar-refractivity contribution in [1.82, 2.24) is 4.90 Å². The molecule has 0 aliphatic carbocycles. The second kappa shape index (κ2) is 10.6. The Morgan fingerprint density at radius 2 is 1.42 bits per heavy atom. The summed E-state index contributed by atoms with van der Waals surface area (Å²) in [7, 11) is 1.53. The Labute approximate surface area is 227 Å². The number of rotatable bonds is 5. The van der Waals surface area contributed by atoms with Crippen LogP contribution in [0.25, 0.3) is 0 Å². The van der Waals surface area contributed by atoms with Crippen LogP contribution in [-0.4, -0.2) is 24.8 Å². The topological polar surface area (TPSA) is 28.1 Å². The van der Waals surface area contributed by atoms with Crippen LogP contribution < -0.4 is 15.0 Å². The Kier molecular flexibility index (Phi) is 7.10. The first-order valence-electron chi connectivity index (χ1n) is 13.1. The fourth-order valence-electron chi connectivity index (χ4n) is 5.02. The standard InChI is InChI=1S/C33H34BN3O/c1-7-20-36(6)33-28-10-8-9-11-32(28)38-34(35-33)29-22-25(4)15-19-31(29)37(27-16-12-23(2)13-17-27)30-18-14-24(3)21-26(30)5/h7-22H,1-6H3/b20-7-. The lowest BCUT2D eigenvalue weighted by Crippen LogP contribution is -2.43. The fourth-order valence-corrected chi connectivity index (χ4v) is 5.02. The van der Waals surface area contributed by atoms with Gasteiger partial charge in [0.05, 0.1) is 5.56 Å². The summed E-state index contributed by atoms with van der Waals surface area (Å²) in [6.45, 7) is 10.6. The molecule has 4 nitrogen and oxygen atoms in total. The van der Waals surface area contributed by atoms with Crippen molar-refractivity contribution >= 4 is 35.4 Å². The monoisotopic (exact) mass is 499 g/mol. The smallest absolute Gasteiger partial charge is 0.536 e. The van der Waals surface area contributed by atoms with Gasteiger partial charge in [0.1, 0.15) is 11.6 Å². The average molecular weight is 499 g/mol. The van der Waals surface area contributed by atoms with Crippen molar-refractivity contribution in [1.29, 1.82) is 0 Å². The number of para-hydroxylation sites is 1. The second-order valence-electron chi connectivity index (χ2n) is 10.0. The summed E-state index contributed by atoms with van der Waals surface area (Å²) < 4.78 is 6.60. The molecule has 1 aliphatic rings. The van der Waals surface area contributed by atoms with Crippen molar-refractivity contribution in [2.75, 3.05) is 11.9 Å². The first-order valence-corrected chi connectivity index (χ1v) is 13.1. The Morgan fingerprint density at radius 1 is 0.763 bits per heavy atom. The summed E-state index contributed by atoms with van der Waals surface area (Å²) >= 11 is 0. The molecule has 0 radical (unpaired) electrons. The highest BCUT2D eigenvalue weighted by atomic mass is 16.4. The quantitative estimate of drug-likeness (QED) is 0.268. The molecule has 0 saturated carbocycles. The second-order valence-corrected chi connectivity index (χ2v) is 10.0. The summed E-state index contributed by atoms with van der Waals surface area (Å²) in [5, 5.41) is 0. The van der Waals surface area contributed by atoms with Crippen molar-refractivity contribution in [3.63, 3.8) is 0 Å². The number of hydrogen-bond acceptors (Lipinski definition) is 4. The summed E-state index contributed by atoms with van der Waals surface area (Å²) in [5.74, 6) is 1.72. The number of nitrogens with zero attached hydrogens (tertiary/aromatic N) is 3. The van der Waals surface area contributed by atoms with E-state index in [1.54, 1.807) is 0 Å². The van der Waals surface area contributed by atoms with Gasteiger partial charge in [0.15, 0.2) is 0 Å². The van der Waals surface area contributed by atoms with E-state index in [-0.39, 0.29) is 0 Å². The van der Waals surface area contributed by atoms with Gasteiger partial charge in [-0.2, -0.15) is 0 Å². The number of anilines is 3. The van der Waals surface area contributed by atoms with E-state index in [1.807, 2.05) is 44.4 Å². The van der Waals surface area contributed by atoms with Crippen LogP contribution in [0.15, 0.2) is 102 Å². The molecular weight excluding hydrogens is 465 g/mol. The Morgan fingerprint density at radius 3 is 2.13 bits per heavy atom. The van der Waals surface area contributed by atoms with Gasteiger partial charge in [-0.3, -0.25) is 4.90 Å². The highest BCUT2D eigenvalue weighted by Gasteiger charge is 2.34. The molecule has 4 aromatic carbocycles. The lowest BCUT2D eigenvalue weighted by molar-refractivity contribution is 0.564. The van der Waals surface area contributed by atoms with Crippen LogP contribution in [0.1, 0.15) is 34.7 Å². The molecule has 0 N–H and O–H groups in total. The van der Waals surface area contributed by atoms with Gasteiger partial charge >= 0.3 is 7.05 Å². The van der Waals surface area contributed by atoms with Gasteiger partial charge in [-0.25, -0.2) is 0 Å². The molecule has 0 saturated heterocycles. The predicted molar refractivity (Wildman–Crippen MR) is 162 cm³/mol. The first-order chi connectivity index (χ1) is 18.4. The van der Waals surface area contributed by atoms with E-state index in [0.717, 1.165) is 45.2 Å². The minimum Gasteiger partial charge on any atom is -0.536 e. The summed E-state index contributed by atoms with van der Waals surface area (Å²) in [4.78, 5) is 9.57. The first kappa shape index (κ1) is 25.4. The van der Waals surface area contributed by atoms with Crippen LogP contribution in [0.5, 0.6) is 5.75 Å². The van der Waals surface area contributed by atoms with E-state index in [0.29, 0.717) is 0 Å². The summed E-state index contributed by atoms with van der Waals surface area (Å²) in [6.07, 6.45) is 4.05. The van der Waals surface area contributed by atoms with E-state index >= 15 is 0 Å². The zero-order valence-corrected chi connectivity index (χ0v) is 23.1. The minimum atomic E-state index is -0.499. The molecule has 5 heteroatoms. The zero-order chi connectivity index (χ0) is 26.8. The lowest BCUT2D eigenvalue weighted by atomic mass is 9.71. The van der Waals surface area contributed by atoms with Crippen LogP contribution in [-0.2, 0) is 0 Å². The lowest BCUT2D eigenvalue weighted by Gasteiger charge is -2.32. The van der Waals surface area contributed by atoms with Crippen LogP contribution in [0.4, 0.5) is 17.1 Å². The number of allylic oxidation sites excluding steroid dienone is 1. The van der Waals surface area contributed by atoms with Gasteiger partial charge in [0, 0.05) is 35.8 Å². The maximum absolute atomic E-state index is 6.60. The van der Waals surface area contributed by atoms with E-state index in [2.05, 4.69) is 104 Å². The molecule has 5 rings (SSSR count). The molecule has 1 aliphatic heterocycles. The third-order valence-electron chi connectivity index (χ3n) is 6.89. The maximum Gasteiger partial charge on any atom is 0.542 e. The Hall–Kier alpha value is -4.25. The molecule has 0 amide bonds. The Bertz CT molecular complexity index is 1520. The van der Waals surface area contributed by atoms with Crippen molar-refractivity contribution in [3.05, 3.63) is 125 Å². The number of hydrogen-bond donors (Lipinski definition) is 0. The molecule has 0 spiro atoms. The maximum atomic E-state index is 6.60. The van der Waals surface area contributed by atoms with Crippen molar-refractivity contribution in [3.8, 4) is 5.75 Å². The summed E-state index contributed by atoms with van der Waals surface area (Å²) in [6, 6.07) is 30.0. The van der Waals surface area contributed by atoms with E-state index in [1.165, 1.54) is 16.7 Å². The van der Waals surface area contributed by atoms with E-state index in [9.17, 15) is 0 Å². The Balaban J connectivity index is 1.72. The normalized spacial score (nSPS) is 12.7. The molecule has 1 heterocycles. The van der Waals surface area contributed by atoms with Crippen LogP contribution in [0, 0.1) is 27.7 Å². The highest BCUT2D eigenvalue weighted by Crippen LogP contribution is 2.37. The number of benzene rings is 4. The minimum absolute atomic E-state index is 0.499. The highest BCUT2D eigenvalue weighted by molar-refractivity contribution is 6.70. The van der Waals surface area contributed by atoms with Crippen molar-refractivity contribution in [2.45, 2.75) is 34.6 Å². The van der Waals surface area contributed by atoms with E-state index < -0.39 is 7.05 Å². The SMILES string of the molecule is C/C=C\N(C)C1=NB(c2cc(C)ccc2N(c2ccc(C)cc2)c2ccc(C)cc2C)Oc2ccccc21. The molecule has 0 aromatic heterocycles. The van der Waals surface area contributed by atoms with Crippen LogP contribution >= 0.6 is 0 Å². The van der Waals surface area contributed by atoms with Gasteiger partial charge in [0.25, 0.3) is 0 Å². The fraction of sp³-hybridized carbons (Fsp3) is 0.182. The molecule has 190 valence electrons.